The summed E-state index contributed by atoms with van der Waals surface area (Å²) in [6.07, 6.45) is 4.07. The van der Waals surface area contributed by atoms with Crippen molar-refractivity contribution in [3.05, 3.63) is 60.3 Å². The van der Waals surface area contributed by atoms with E-state index in [1.54, 1.807) is 24.4 Å². The SMILES string of the molecule is COC(=O)c1cccc(Nc2nncc(Nc3ccc(N4CCCC4)cc3)n2)c1. The molecule has 0 spiro atoms. The molecule has 1 aliphatic heterocycles. The number of rotatable bonds is 6. The van der Waals surface area contributed by atoms with Crippen LogP contribution in [-0.2, 0) is 4.74 Å². The summed E-state index contributed by atoms with van der Waals surface area (Å²) in [7, 11) is 1.35. The number of hydrogen-bond acceptors (Lipinski definition) is 8. The lowest BCUT2D eigenvalue weighted by Crippen LogP contribution is -2.17. The molecule has 148 valence electrons. The minimum atomic E-state index is -0.402. The van der Waals surface area contributed by atoms with Crippen molar-refractivity contribution in [2.24, 2.45) is 0 Å². The van der Waals surface area contributed by atoms with Crippen LogP contribution in [0.25, 0.3) is 0 Å². The van der Waals surface area contributed by atoms with E-state index in [9.17, 15) is 4.79 Å². The number of carbonyl (C=O) groups is 1. The molecule has 2 heterocycles. The fourth-order valence-electron chi connectivity index (χ4n) is 3.27. The molecule has 3 aromatic rings. The minimum Gasteiger partial charge on any atom is -0.465 e. The number of hydrogen-bond donors (Lipinski definition) is 2. The molecule has 8 nitrogen and oxygen atoms in total. The Kier molecular flexibility index (Phi) is 5.51. The molecule has 29 heavy (non-hydrogen) atoms. The predicted molar refractivity (Wildman–Crippen MR) is 112 cm³/mol. The van der Waals surface area contributed by atoms with Crippen molar-refractivity contribution >= 4 is 34.8 Å². The molecule has 8 heteroatoms. The maximum atomic E-state index is 11.7. The van der Waals surface area contributed by atoms with Crippen LogP contribution in [0.2, 0.25) is 0 Å². The first-order valence-corrected chi connectivity index (χ1v) is 9.48. The zero-order chi connectivity index (χ0) is 20.1. The predicted octanol–water partition coefficient (Wildman–Crippen LogP) is 3.75. The molecule has 0 amide bonds. The Labute approximate surface area is 168 Å². The molecule has 2 aromatic carbocycles. The van der Waals surface area contributed by atoms with E-state index in [1.165, 1.54) is 25.6 Å². The van der Waals surface area contributed by atoms with Gasteiger partial charge in [-0.05, 0) is 55.3 Å². The summed E-state index contributed by atoms with van der Waals surface area (Å²) in [6, 6.07) is 15.2. The molecular formula is C21H22N6O2. The van der Waals surface area contributed by atoms with Crippen LogP contribution in [0.4, 0.5) is 28.8 Å². The Hall–Kier alpha value is -3.68. The normalized spacial score (nSPS) is 13.2. The van der Waals surface area contributed by atoms with Crippen molar-refractivity contribution in [2.45, 2.75) is 12.8 Å². The molecule has 2 N–H and O–H groups in total. The molecule has 1 saturated heterocycles. The van der Waals surface area contributed by atoms with E-state index >= 15 is 0 Å². The molecule has 0 atom stereocenters. The van der Waals surface area contributed by atoms with Crippen molar-refractivity contribution in [1.29, 1.82) is 0 Å². The van der Waals surface area contributed by atoms with E-state index in [1.807, 2.05) is 18.2 Å². The van der Waals surface area contributed by atoms with Crippen LogP contribution >= 0.6 is 0 Å². The van der Waals surface area contributed by atoms with Gasteiger partial charge in [0.2, 0.25) is 5.95 Å². The Morgan fingerprint density at radius 1 is 1.03 bits per heavy atom. The Balaban J connectivity index is 1.44. The van der Waals surface area contributed by atoms with Gasteiger partial charge in [-0.25, -0.2) is 4.79 Å². The van der Waals surface area contributed by atoms with Crippen LogP contribution < -0.4 is 15.5 Å². The Morgan fingerprint density at radius 2 is 1.83 bits per heavy atom. The lowest BCUT2D eigenvalue weighted by atomic mass is 10.2. The highest BCUT2D eigenvalue weighted by atomic mass is 16.5. The van der Waals surface area contributed by atoms with Crippen molar-refractivity contribution in [2.75, 3.05) is 35.7 Å². The summed E-state index contributed by atoms with van der Waals surface area (Å²) < 4.78 is 4.74. The number of carbonyl (C=O) groups excluding carboxylic acids is 1. The smallest absolute Gasteiger partial charge is 0.337 e. The number of anilines is 5. The van der Waals surface area contributed by atoms with Gasteiger partial charge in [-0.1, -0.05) is 6.07 Å². The van der Waals surface area contributed by atoms with Gasteiger partial charge >= 0.3 is 5.97 Å². The van der Waals surface area contributed by atoms with Crippen LogP contribution in [0.15, 0.2) is 54.7 Å². The van der Waals surface area contributed by atoms with Crippen LogP contribution in [0.1, 0.15) is 23.2 Å². The van der Waals surface area contributed by atoms with Gasteiger partial charge in [0.05, 0.1) is 18.9 Å². The van der Waals surface area contributed by atoms with Gasteiger partial charge in [0.15, 0.2) is 5.82 Å². The monoisotopic (exact) mass is 390 g/mol. The molecule has 1 fully saturated rings. The molecule has 1 aliphatic rings. The van der Waals surface area contributed by atoms with Gasteiger partial charge < -0.3 is 20.3 Å². The summed E-state index contributed by atoms with van der Waals surface area (Å²) >= 11 is 0. The molecule has 0 aliphatic carbocycles. The summed E-state index contributed by atoms with van der Waals surface area (Å²) in [5.74, 6) is 0.492. The van der Waals surface area contributed by atoms with Gasteiger partial charge in [-0.15, -0.1) is 5.10 Å². The molecule has 0 radical (unpaired) electrons. The zero-order valence-corrected chi connectivity index (χ0v) is 16.1. The van der Waals surface area contributed by atoms with Gasteiger partial charge in [0.1, 0.15) is 0 Å². The number of ether oxygens (including phenoxy) is 1. The lowest BCUT2D eigenvalue weighted by Gasteiger charge is -2.17. The summed E-state index contributed by atoms with van der Waals surface area (Å²) in [5, 5.41) is 14.3. The standard InChI is InChI=1S/C21H22N6O2/c1-29-20(28)15-5-4-6-17(13-15)24-21-25-19(14-22-26-21)23-16-7-9-18(10-8-16)27-11-2-3-12-27/h4-10,13-14H,2-3,11-12H2,1H3,(H2,23,24,25,26). The van der Waals surface area contributed by atoms with Gasteiger partial charge in [0.25, 0.3) is 0 Å². The van der Waals surface area contributed by atoms with Crippen LogP contribution in [-0.4, -0.2) is 41.3 Å². The van der Waals surface area contributed by atoms with Crippen LogP contribution in [0.3, 0.4) is 0 Å². The molecule has 0 bridgehead atoms. The van der Waals surface area contributed by atoms with Crippen molar-refractivity contribution < 1.29 is 9.53 Å². The summed E-state index contributed by atoms with van der Waals surface area (Å²) in [6.45, 7) is 2.24. The first kappa shape index (κ1) is 18.7. The number of esters is 1. The molecular weight excluding hydrogens is 368 g/mol. The highest BCUT2D eigenvalue weighted by molar-refractivity contribution is 5.90. The second-order valence-electron chi connectivity index (χ2n) is 6.73. The number of benzene rings is 2. The highest BCUT2D eigenvalue weighted by Crippen LogP contribution is 2.23. The number of methoxy groups -OCH3 is 1. The third-order valence-corrected chi connectivity index (χ3v) is 4.71. The van der Waals surface area contributed by atoms with Crippen molar-refractivity contribution in [3.8, 4) is 0 Å². The Morgan fingerprint density at radius 3 is 2.59 bits per heavy atom. The minimum absolute atomic E-state index is 0.325. The topological polar surface area (TPSA) is 92.3 Å². The van der Waals surface area contributed by atoms with E-state index in [-0.39, 0.29) is 0 Å². The maximum absolute atomic E-state index is 11.7. The zero-order valence-electron chi connectivity index (χ0n) is 16.1. The number of nitrogens with one attached hydrogen (secondary N) is 2. The van der Waals surface area contributed by atoms with Crippen molar-refractivity contribution in [1.82, 2.24) is 15.2 Å². The summed E-state index contributed by atoms with van der Waals surface area (Å²) in [4.78, 5) is 18.5. The first-order chi connectivity index (χ1) is 14.2. The third-order valence-electron chi connectivity index (χ3n) is 4.71. The second-order valence-corrected chi connectivity index (χ2v) is 6.73. The number of aromatic nitrogens is 3. The second kappa shape index (κ2) is 8.55. The van der Waals surface area contributed by atoms with E-state index in [0.29, 0.717) is 23.0 Å². The van der Waals surface area contributed by atoms with Gasteiger partial charge in [-0.3, -0.25) is 0 Å². The molecule has 4 rings (SSSR count). The average molecular weight is 390 g/mol. The van der Waals surface area contributed by atoms with Crippen molar-refractivity contribution in [3.63, 3.8) is 0 Å². The summed E-state index contributed by atoms with van der Waals surface area (Å²) in [5.41, 5.74) is 3.27. The van der Waals surface area contributed by atoms with E-state index in [2.05, 4.69) is 42.8 Å². The molecule has 0 unspecified atom stereocenters. The lowest BCUT2D eigenvalue weighted by molar-refractivity contribution is 0.0601. The largest absolute Gasteiger partial charge is 0.465 e. The van der Waals surface area contributed by atoms with E-state index < -0.39 is 5.97 Å². The van der Waals surface area contributed by atoms with E-state index in [4.69, 9.17) is 4.74 Å². The van der Waals surface area contributed by atoms with Gasteiger partial charge in [0, 0.05) is 30.2 Å². The number of nitrogens with zero attached hydrogens (tertiary/aromatic N) is 4. The first-order valence-electron chi connectivity index (χ1n) is 9.48. The molecule has 0 saturated carbocycles. The third kappa shape index (κ3) is 4.60. The average Bonchev–Trinajstić information content (AvgIpc) is 3.29. The fraction of sp³-hybridized carbons (Fsp3) is 0.238. The maximum Gasteiger partial charge on any atom is 0.337 e. The van der Waals surface area contributed by atoms with Gasteiger partial charge in [-0.2, -0.15) is 10.1 Å². The van der Waals surface area contributed by atoms with E-state index in [0.717, 1.165) is 18.8 Å². The van der Waals surface area contributed by atoms with Crippen LogP contribution in [0.5, 0.6) is 0 Å². The quantitative estimate of drug-likeness (QED) is 0.615. The fourth-order valence-corrected chi connectivity index (χ4v) is 3.27. The molecule has 1 aromatic heterocycles. The Bertz CT molecular complexity index is 986. The highest BCUT2D eigenvalue weighted by Gasteiger charge is 2.12. The van der Waals surface area contributed by atoms with Crippen LogP contribution in [0, 0.1) is 0 Å².